The maximum Gasteiger partial charge on any atom is 0.201 e. The van der Waals surface area contributed by atoms with Gasteiger partial charge in [-0.15, -0.1) is 0 Å². The minimum atomic E-state index is 0.536. The highest BCUT2D eigenvalue weighted by Gasteiger charge is 2.08. The molecule has 0 saturated heterocycles. The summed E-state index contributed by atoms with van der Waals surface area (Å²) in [6.45, 7) is 5.80. The number of nitrogens with zero attached hydrogens (tertiary/aromatic N) is 2. The molecule has 0 radical (unpaired) electrons. The number of aromatic nitrogens is 3. The van der Waals surface area contributed by atoms with Crippen LogP contribution in [0.5, 0.6) is 0 Å². The van der Waals surface area contributed by atoms with E-state index < -0.39 is 0 Å². The zero-order chi connectivity index (χ0) is 14.5. The molecule has 2 heterocycles. The van der Waals surface area contributed by atoms with Crippen LogP contribution in [0.4, 0.5) is 5.69 Å². The third-order valence-corrected chi connectivity index (χ3v) is 3.40. The minimum Gasteiger partial charge on any atom is -0.433 e. The minimum absolute atomic E-state index is 0.536. The van der Waals surface area contributed by atoms with Crippen LogP contribution >= 0.6 is 23.5 Å². The SMILES string of the molecule is CC.Cc1ncc(SNc2cccc3c(Cl)[nH]nc23)o1. The van der Waals surface area contributed by atoms with E-state index in [4.69, 9.17) is 16.0 Å². The molecular formula is C13H15ClN4OS. The average molecular weight is 311 g/mol. The smallest absolute Gasteiger partial charge is 0.201 e. The molecule has 0 aliphatic heterocycles. The summed E-state index contributed by atoms with van der Waals surface area (Å²) in [4.78, 5) is 4.02. The number of fused-ring (bicyclic) bond motifs is 1. The summed E-state index contributed by atoms with van der Waals surface area (Å²) >= 11 is 7.33. The summed E-state index contributed by atoms with van der Waals surface area (Å²) in [5.74, 6) is 0.639. The van der Waals surface area contributed by atoms with Gasteiger partial charge in [0.1, 0.15) is 10.7 Å². The molecule has 0 atom stereocenters. The van der Waals surface area contributed by atoms with E-state index in [0.717, 1.165) is 16.6 Å². The summed E-state index contributed by atoms with van der Waals surface area (Å²) in [7, 11) is 0. The summed E-state index contributed by atoms with van der Waals surface area (Å²) in [6.07, 6.45) is 1.67. The number of benzene rings is 1. The molecular weight excluding hydrogens is 296 g/mol. The number of halogens is 1. The van der Waals surface area contributed by atoms with Crippen molar-refractivity contribution in [2.75, 3.05) is 4.72 Å². The molecule has 106 valence electrons. The van der Waals surface area contributed by atoms with E-state index in [-0.39, 0.29) is 0 Å². The molecule has 0 aliphatic rings. The van der Waals surface area contributed by atoms with Crippen molar-refractivity contribution in [2.24, 2.45) is 0 Å². The van der Waals surface area contributed by atoms with Crippen molar-refractivity contribution < 1.29 is 4.42 Å². The first kappa shape index (κ1) is 14.7. The maximum atomic E-state index is 5.98. The summed E-state index contributed by atoms with van der Waals surface area (Å²) in [5, 5.41) is 9.03. The van der Waals surface area contributed by atoms with Crippen LogP contribution < -0.4 is 4.72 Å². The van der Waals surface area contributed by atoms with E-state index in [1.54, 1.807) is 13.1 Å². The quantitative estimate of drug-likeness (QED) is 0.689. The molecule has 2 N–H and O–H groups in total. The van der Waals surface area contributed by atoms with Crippen LogP contribution in [0.1, 0.15) is 19.7 Å². The van der Waals surface area contributed by atoms with E-state index in [1.807, 2.05) is 32.0 Å². The number of H-pyrrole nitrogens is 1. The van der Waals surface area contributed by atoms with Crippen LogP contribution in [0.2, 0.25) is 5.15 Å². The van der Waals surface area contributed by atoms with Crippen LogP contribution in [-0.2, 0) is 0 Å². The zero-order valence-corrected chi connectivity index (χ0v) is 13.0. The van der Waals surface area contributed by atoms with Crippen LogP contribution in [0, 0.1) is 6.92 Å². The Hall–Kier alpha value is -1.66. The highest BCUT2D eigenvalue weighted by Crippen LogP contribution is 2.29. The van der Waals surface area contributed by atoms with Gasteiger partial charge in [-0.3, -0.25) is 5.10 Å². The zero-order valence-electron chi connectivity index (χ0n) is 11.4. The van der Waals surface area contributed by atoms with Gasteiger partial charge in [-0.25, -0.2) is 4.98 Å². The first-order chi connectivity index (χ1) is 9.74. The van der Waals surface area contributed by atoms with Crippen molar-refractivity contribution in [3.8, 4) is 0 Å². The Morgan fingerprint density at radius 1 is 1.35 bits per heavy atom. The maximum absolute atomic E-state index is 5.98. The van der Waals surface area contributed by atoms with E-state index in [9.17, 15) is 0 Å². The molecule has 3 rings (SSSR count). The number of hydrogen-bond acceptors (Lipinski definition) is 5. The summed E-state index contributed by atoms with van der Waals surface area (Å²) in [5.41, 5.74) is 1.67. The Bertz CT molecular complexity index is 695. The number of nitrogens with one attached hydrogen (secondary N) is 2. The summed E-state index contributed by atoms with van der Waals surface area (Å²) < 4.78 is 8.53. The normalized spacial score (nSPS) is 10.2. The van der Waals surface area contributed by atoms with Gasteiger partial charge in [0, 0.05) is 24.3 Å². The second kappa shape index (κ2) is 6.67. The first-order valence-electron chi connectivity index (χ1n) is 6.22. The molecule has 2 aromatic heterocycles. The molecule has 0 saturated carbocycles. The molecule has 0 amide bonds. The van der Waals surface area contributed by atoms with Gasteiger partial charge in [0.05, 0.1) is 11.9 Å². The van der Waals surface area contributed by atoms with Gasteiger partial charge in [-0.05, 0) is 12.1 Å². The Balaban J connectivity index is 0.000000704. The van der Waals surface area contributed by atoms with Crippen molar-refractivity contribution in [2.45, 2.75) is 25.9 Å². The standard InChI is InChI=1S/C11H9ClN4OS.C2H6/c1-6-13-5-9(17-6)18-16-8-4-2-3-7-10(8)14-15-11(7)12;1-2/h2-5,16H,1H3,(H,14,15);1-2H3. The Morgan fingerprint density at radius 3 is 2.85 bits per heavy atom. The number of rotatable bonds is 3. The molecule has 0 unspecified atom stereocenters. The second-order valence-corrected chi connectivity index (χ2v) is 4.83. The van der Waals surface area contributed by atoms with E-state index >= 15 is 0 Å². The number of anilines is 1. The molecule has 1 aromatic carbocycles. The Labute approximate surface area is 126 Å². The second-order valence-electron chi connectivity index (χ2n) is 3.64. The number of hydrogen-bond donors (Lipinski definition) is 2. The van der Waals surface area contributed by atoms with Gasteiger partial charge < -0.3 is 9.14 Å². The van der Waals surface area contributed by atoms with Crippen LogP contribution in [-0.4, -0.2) is 15.2 Å². The topological polar surface area (TPSA) is 66.7 Å². The summed E-state index contributed by atoms with van der Waals surface area (Å²) in [6, 6.07) is 5.75. The molecule has 7 heteroatoms. The van der Waals surface area contributed by atoms with Gasteiger partial charge in [-0.2, -0.15) is 5.10 Å². The van der Waals surface area contributed by atoms with Gasteiger partial charge >= 0.3 is 0 Å². The van der Waals surface area contributed by atoms with Gasteiger partial charge in [0.25, 0.3) is 0 Å². The molecule has 0 aliphatic carbocycles. The third kappa shape index (κ3) is 3.08. The van der Waals surface area contributed by atoms with Gasteiger partial charge in [0.15, 0.2) is 5.89 Å². The lowest BCUT2D eigenvalue weighted by Gasteiger charge is -2.03. The molecule has 20 heavy (non-hydrogen) atoms. The van der Waals surface area contributed by atoms with Crippen LogP contribution in [0.3, 0.4) is 0 Å². The fraction of sp³-hybridized carbons (Fsp3) is 0.231. The van der Waals surface area contributed by atoms with E-state index in [2.05, 4.69) is 19.9 Å². The van der Waals surface area contributed by atoms with Gasteiger partial charge in [0.2, 0.25) is 5.09 Å². The lowest BCUT2D eigenvalue weighted by molar-refractivity contribution is 0.442. The highest BCUT2D eigenvalue weighted by atomic mass is 35.5. The molecule has 5 nitrogen and oxygen atoms in total. The Morgan fingerprint density at radius 2 is 2.15 bits per heavy atom. The molecule has 0 fully saturated rings. The fourth-order valence-corrected chi connectivity index (χ4v) is 2.42. The lowest BCUT2D eigenvalue weighted by Crippen LogP contribution is -1.87. The monoisotopic (exact) mass is 310 g/mol. The number of oxazole rings is 1. The molecule has 0 spiro atoms. The largest absolute Gasteiger partial charge is 0.433 e. The molecule has 0 bridgehead atoms. The fourth-order valence-electron chi connectivity index (χ4n) is 1.58. The number of aromatic amines is 1. The predicted octanol–water partition coefficient (Wildman–Crippen LogP) is 4.66. The average Bonchev–Trinajstić information content (AvgIpc) is 3.06. The third-order valence-electron chi connectivity index (χ3n) is 2.40. The van der Waals surface area contributed by atoms with Gasteiger partial charge in [-0.1, -0.05) is 31.5 Å². The Kier molecular flexibility index (Phi) is 4.92. The first-order valence-corrected chi connectivity index (χ1v) is 7.41. The van der Waals surface area contributed by atoms with Crippen molar-refractivity contribution in [1.82, 2.24) is 15.2 Å². The number of aryl methyl sites for hydroxylation is 1. The molecule has 3 aromatic rings. The van der Waals surface area contributed by atoms with E-state index in [1.165, 1.54) is 11.9 Å². The van der Waals surface area contributed by atoms with Crippen molar-refractivity contribution in [3.63, 3.8) is 0 Å². The highest BCUT2D eigenvalue weighted by molar-refractivity contribution is 8.00. The lowest BCUT2D eigenvalue weighted by atomic mass is 10.2. The van der Waals surface area contributed by atoms with Crippen LogP contribution in [0.15, 0.2) is 33.9 Å². The van der Waals surface area contributed by atoms with Crippen molar-refractivity contribution in [3.05, 3.63) is 35.4 Å². The van der Waals surface area contributed by atoms with E-state index in [0.29, 0.717) is 16.1 Å². The van der Waals surface area contributed by atoms with Crippen molar-refractivity contribution in [1.29, 1.82) is 0 Å². The van der Waals surface area contributed by atoms with Crippen LogP contribution in [0.25, 0.3) is 10.9 Å². The predicted molar refractivity (Wildman–Crippen MR) is 83.2 cm³/mol. The van der Waals surface area contributed by atoms with Crippen molar-refractivity contribution >= 4 is 40.1 Å². The number of para-hydroxylation sites is 1.